The van der Waals surface area contributed by atoms with Crippen LogP contribution >= 0.6 is 0 Å². The van der Waals surface area contributed by atoms with E-state index in [9.17, 15) is 17.6 Å². The minimum Gasteiger partial charge on any atom is -0.372 e. The van der Waals surface area contributed by atoms with Crippen molar-refractivity contribution < 1.29 is 17.6 Å². The van der Waals surface area contributed by atoms with Crippen LogP contribution in [0.25, 0.3) is 0 Å². The van der Waals surface area contributed by atoms with E-state index in [-0.39, 0.29) is 25.2 Å². The van der Waals surface area contributed by atoms with Gasteiger partial charge >= 0.3 is 6.18 Å². The van der Waals surface area contributed by atoms with E-state index in [1.807, 2.05) is 29.2 Å². The monoisotopic (exact) mass is 367 g/mol. The van der Waals surface area contributed by atoms with Gasteiger partial charge in [0.15, 0.2) is 0 Å². The number of nitrogens with one attached hydrogen (secondary N) is 1. The van der Waals surface area contributed by atoms with E-state index < -0.39 is 12.1 Å². The summed E-state index contributed by atoms with van der Waals surface area (Å²) >= 11 is 0. The summed E-state index contributed by atoms with van der Waals surface area (Å²) in [6, 6.07) is 12.2. The Bertz CT molecular complexity index is 735. The maximum Gasteiger partial charge on any atom is 0.391 e. The molecule has 1 fully saturated rings. The van der Waals surface area contributed by atoms with Crippen LogP contribution in [0, 0.1) is 11.7 Å². The fourth-order valence-electron chi connectivity index (χ4n) is 3.18. The van der Waals surface area contributed by atoms with E-state index in [1.165, 1.54) is 6.07 Å². The van der Waals surface area contributed by atoms with Crippen LogP contribution in [0.2, 0.25) is 0 Å². The number of nitrogens with zero attached hydrogens (tertiary/aromatic N) is 1. The second-order valence-corrected chi connectivity index (χ2v) is 6.49. The van der Waals surface area contributed by atoms with Crippen LogP contribution in [0.3, 0.4) is 0 Å². The molecule has 1 aliphatic heterocycles. The third kappa shape index (κ3) is 4.27. The van der Waals surface area contributed by atoms with E-state index in [2.05, 4.69) is 5.32 Å². The molecule has 0 atom stereocenters. The predicted molar refractivity (Wildman–Crippen MR) is 95.0 cm³/mol. The highest BCUT2D eigenvalue weighted by molar-refractivity contribution is 5.63. The van der Waals surface area contributed by atoms with Crippen molar-refractivity contribution in [3.8, 4) is 0 Å². The zero-order valence-corrected chi connectivity index (χ0v) is 14.2. The molecule has 0 unspecified atom stereocenters. The van der Waals surface area contributed by atoms with Crippen molar-refractivity contribution in [1.29, 1.82) is 0 Å². The molecule has 2 aromatic carbocycles. The fraction of sp³-hybridized carbons (Fsp3) is 0.368. The number of hydrogen-bond acceptors (Lipinski definition) is 3. The Kier molecular flexibility index (Phi) is 5.36. The zero-order chi connectivity index (χ0) is 18.7. The molecule has 2 aromatic rings. The lowest BCUT2D eigenvalue weighted by Gasteiger charge is -2.34. The molecule has 1 aliphatic rings. The van der Waals surface area contributed by atoms with Gasteiger partial charge in [-0.25, -0.2) is 4.39 Å². The standard InChI is InChI=1S/C19H21F4N3/c20-18-11-16(2-1-13(18)12-24)25-15-3-5-17(6-4-15)26-9-7-14(8-10-26)19(21,22)23/h1-6,11,14,25H,7-10,12,24H2. The van der Waals surface area contributed by atoms with Gasteiger partial charge in [-0.15, -0.1) is 0 Å². The van der Waals surface area contributed by atoms with Crippen molar-refractivity contribution >= 4 is 17.1 Å². The molecule has 0 radical (unpaired) electrons. The van der Waals surface area contributed by atoms with Crippen LogP contribution in [0.1, 0.15) is 18.4 Å². The quantitative estimate of drug-likeness (QED) is 0.762. The van der Waals surface area contributed by atoms with Crippen LogP contribution in [0.15, 0.2) is 42.5 Å². The summed E-state index contributed by atoms with van der Waals surface area (Å²) in [5.74, 6) is -1.56. The maximum atomic E-state index is 13.8. The Morgan fingerprint density at radius 1 is 1.00 bits per heavy atom. The van der Waals surface area contributed by atoms with E-state index in [0.717, 1.165) is 11.4 Å². The lowest BCUT2D eigenvalue weighted by Crippen LogP contribution is -2.38. The Balaban J connectivity index is 1.61. The molecule has 1 saturated heterocycles. The molecule has 0 amide bonds. The second-order valence-electron chi connectivity index (χ2n) is 6.49. The highest BCUT2D eigenvalue weighted by Crippen LogP contribution is 2.35. The smallest absolute Gasteiger partial charge is 0.372 e. The Morgan fingerprint density at radius 2 is 1.62 bits per heavy atom. The number of halogens is 4. The summed E-state index contributed by atoms with van der Waals surface area (Å²) < 4.78 is 52.0. The van der Waals surface area contributed by atoms with E-state index in [4.69, 9.17) is 5.73 Å². The van der Waals surface area contributed by atoms with Gasteiger partial charge in [0.25, 0.3) is 0 Å². The van der Waals surface area contributed by atoms with E-state index in [0.29, 0.717) is 24.3 Å². The fourth-order valence-corrected chi connectivity index (χ4v) is 3.18. The number of benzene rings is 2. The maximum absolute atomic E-state index is 13.8. The number of piperidine rings is 1. The lowest BCUT2D eigenvalue weighted by molar-refractivity contribution is -0.179. The molecule has 3 nitrogen and oxygen atoms in total. The predicted octanol–water partition coefficient (Wildman–Crippen LogP) is 4.81. The number of alkyl halides is 3. The number of rotatable bonds is 4. The Morgan fingerprint density at radius 3 is 2.15 bits per heavy atom. The zero-order valence-electron chi connectivity index (χ0n) is 14.2. The largest absolute Gasteiger partial charge is 0.391 e. The summed E-state index contributed by atoms with van der Waals surface area (Å²) in [7, 11) is 0. The third-order valence-corrected chi connectivity index (χ3v) is 4.75. The molecule has 1 heterocycles. The average molecular weight is 367 g/mol. The molecule has 26 heavy (non-hydrogen) atoms. The van der Waals surface area contributed by atoms with Gasteiger partial charge < -0.3 is 16.0 Å². The van der Waals surface area contributed by atoms with Gasteiger partial charge in [-0.3, -0.25) is 0 Å². The Labute approximate surface area is 149 Å². The first-order valence-corrected chi connectivity index (χ1v) is 8.54. The lowest BCUT2D eigenvalue weighted by atomic mass is 9.96. The minimum atomic E-state index is -4.10. The SMILES string of the molecule is NCc1ccc(Nc2ccc(N3CCC(C(F)(F)F)CC3)cc2)cc1F. The van der Waals surface area contributed by atoms with Gasteiger partial charge in [0.05, 0.1) is 5.92 Å². The van der Waals surface area contributed by atoms with Crippen LogP contribution < -0.4 is 16.0 Å². The number of anilines is 3. The summed E-state index contributed by atoms with van der Waals surface area (Å²) in [6.07, 6.45) is -3.86. The normalized spacial score (nSPS) is 16.0. The summed E-state index contributed by atoms with van der Waals surface area (Å²) in [4.78, 5) is 1.96. The van der Waals surface area contributed by atoms with Gasteiger partial charge in [-0.05, 0) is 49.2 Å². The average Bonchev–Trinajstić information content (AvgIpc) is 2.62. The van der Waals surface area contributed by atoms with E-state index in [1.54, 1.807) is 12.1 Å². The first kappa shape index (κ1) is 18.5. The molecule has 0 spiro atoms. The van der Waals surface area contributed by atoms with Gasteiger partial charge in [-0.2, -0.15) is 13.2 Å². The first-order valence-electron chi connectivity index (χ1n) is 8.54. The summed E-state index contributed by atoms with van der Waals surface area (Å²) in [5, 5.41) is 3.11. The number of nitrogens with two attached hydrogens (primary N) is 1. The van der Waals surface area contributed by atoms with Crippen LogP contribution in [-0.2, 0) is 6.54 Å². The van der Waals surface area contributed by atoms with Gasteiger partial charge in [0.1, 0.15) is 5.82 Å². The van der Waals surface area contributed by atoms with Crippen molar-refractivity contribution in [2.24, 2.45) is 11.7 Å². The van der Waals surface area contributed by atoms with Gasteiger partial charge in [-0.1, -0.05) is 6.07 Å². The first-order chi connectivity index (χ1) is 12.4. The van der Waals surface area contributed by atoms with Crippen molar-refractivity contribution in [1.82, 2.24) is 0 Å². The van der Waals surface area contributed by atoms with Crippen molar-refractivity contribution in [3.05, 3.63) is 53.8 Å². The molecular weight excluding hydrogens is 346 g/mol. The second kappa shape index (κ2) is 7.53. The Hall–Kier alpha value is -2.28. The van der Waals surface area contributed by atoms with Crippen LogP contribution in [0.5, 0.6) is 0 Å². The highest BCUT2D eigenvalue weighted by Gasteiger charge is 2.41. The van der Waals surface area contributed by atoms with Crippen LogP contribution in [-0.4, -0.2) is 19.3 Å². The van der Waals surface area contributed by atoms with Gasteiger partial charge in [0.2, 0.25) is 0 Å². The van der Waals surface area contributed by atoms with Gasteiger partial charge in [0, 0.05) is 42.3 Å². The molecule has 7 heteroatoms. The van der Waals surface area contributed by atoms with Crippen LogP contribution in [0.4, 0.5) is 34.6 Å². The molecule has 0 aromatic heterocycles. The molecule has 0 bridgehead atoms. The van der Waals surface area contributed by atoms with E-state index >= 15 is 0 Å². The molecule has 3 rings (SSSR count). The third-order valence-electron chi connectivity index (χ3n) is 4.75. The van der Waals surface area contributed by atoms with Crippen molar-refractivity contribution in [2.75, 3.05) is 23.3 Å². The summed E-state index contributed by atoms with van der Waals surface area (Å²) in [5.41, 5.74) is 8.17. The topological polar surface area (TPSA) is 41.3 Å². The van der Waals surface area contributed by atoms with Crippen molar-refractivity contribution in [2.45, 2.75) is 25.6 Å². The molecular formula is C19H21F4N3. The highest BCUT2D eigenvalue weighted by atomic mass is 19.4. The summed E-state index contributed by atoms with van der Waals surface area (Å²) in [6.45, 7) is 0.928. The molecule has 0 aliphatic carbocycles. The van der Waals surface area contributed by atoms with Crippen molar-refractivity contribution in [3.63, 3.8) is 0 Å². The molecule has 140 valence electrons. The minimum absolute atomic E-state index is 0.121. The number of hydrogen-bond donors (Lipinski definition) is 2. The molecule has 3 N–H and O–H groups in total. The molecule has 0 saturated carbocycles.